The summed E-state index contributed by atoms with van der Waals surface area (Å²) in [5, 5.41) is 0. The number of benzene rings is 2. The standard InChI is InChI=1S/C21H17NO3/c23-20(15-4-2-1-3-5-15)16-6-8-17(9-7-16)21(24)22-12-10-19-18(14-22)11-13-25-19/h1-9,11,13H,10,12,14H2. The SMILES string of the molecule is O=C(c1ccccc1)c1ccc(C(=O)N2CCc3occc3C2)cc1. The molecular weight excluding hydrogens is 314 g/mol. The Kier molecular flexibility index (Phi) is 3.94. The van der Waals surface area contributed by atoms with E-state index in [-0.39, 0.29) is 11.7 Å². The van der Waals surface area contributed by atoms with Gasteiger partial charge in [0, 0.05) is 41.8 Å². The number of rotatable bonds is 3. The normalized spacial score (nSPS) is 13.4. The van der Waals surface area contributed by atoms with Crippen LogP contribution in [0.1, 0.15) is 37.6 Å². The van der Waals surface area contributed by atoms with E-state index in [1.807, 2.05) is 29.2 Å². The Balaban J connectivity index is 1.51. The van der Waals surface area contributed by atoms with Gasteiger partial charge >= 0.3 is 0 Å². The maximum Gasteiger partial charge on any atom is 0.254 e. The molecule has 0 radical (unpaired) electrons. The first-order chi connectivity index (χ1) is 12.2. The lowest BCUT2D eigenvalue weighted by atomic mass is 10.0. The third-order valence-electron chi connectivity index (χ3n) is 4.52. The molecule has 25 heavy (non-hydrogen) atoms. The van der Waals surface area contributed by atoms with Gasteiger partial charge in [0.05, 0.1) is 6.26 Å². The fourth-order valence-electron chi connectivity index (χ4n) is 3.12. The highest BCUT2D eigenvalue weighted by Crippen LogP contribution is 2.21. The molecule has 0 saturated carbocycles. The van der Waals surface area contributed by atoms with Crippen molar-refractivity contribution in [2.24, 2.45) is 0 Å². The summed E-state index contributed by atoms with van der Waals surface area (Å²) < 4.78 is 5.40. The van der Waals surface area contributed by atoms with E-state index in [9.17, 15) is 9.59 Å². The molecule has 2 heterocycles. The molecule has 2 aromatic carbocycles. The molecule has 1 aliphatic heterocycles. The molecule has 0 N–H and O–H groups in total. The summed E-state index contributed by atoms with van der Waals surface area (Å²) in [5.74, 6) is 0.902. The first-order valence-electron chi connectivity index (χ1n) is 8.27. The Morgan fingerprint density at radius 1 is 0.840 bits per heavy atom. The van der Waals surface area contributed by atoms with Crippen molar-refractivity contribution in [3.63, 3.8) is 0 Å². The highest BCUT2D eigenvalue weighted by atomic mass is 16.3. The monoisotopic (exact) mass is 331 g/mol. The number of furan rings is 1. The van der Waals surface area contributed by atoms with Gasteiger partial charge in [-0.1, -0.05) is 42.5 Å². The predicted molar refractivity (Wildman–Crippen MR) is 93.5 cm³/mol. The van der Waals surface area contributed by atoms with E-state index < -0.39 is 0 Å². The summed E-state index contributed by atoms with van der Waals surface area (Å²) >= 11 is 0. The molecule has 0 atom stereocenters. The molecule has 0 aliphatic carbocycles. The fourth-order valence-corrected chi connectivity index (χ4v) is 3.12. The van der Waals surface area contributed by atoms with Crippen molar-refractivity contribution in [1.29, 1.82) is 0 Å². The minimum atomic E-state index is -0.0411. The van der Waals surface area contributed by atoms with Gasteiger partial charge in [-0.3, -0.25) is 9.59 Å². The van der Waals surface area contributed by atoms with Crippen LogP contribution in [0, 0.1) is 0 Å². The highest BCUT2D eigenvalue weighted by molar-refractivity contribution is 6.09. The van der Waals surface area contributed by atoms with Crippen LogP contribution in [0.5, 0.6) is 0 Å². The molecule has 1 amide bonds. The molecule has 0 spiro atoms. The van der Waals surface area contributed by atoms with Crippen LogP contribution in [0.25, 0.3) is 0 Å². The molecule has 1 aromatic heterocycles. The van der Waals surface area contributed by atoms with Gasteiger partial charge in [-0.15, -0.1) is 0 Å². The second-order valence-electron chi connectivity index (χ2n) is 6.12. The fraction of sp³-hybridized carbons (Fsp3) is 0.143. The van der Waals surface area contributed by atoms with Crippen LogP contribution in [0.15, 0.2) is 71.3 Å². The van der Waals surface area contributed by atoms with E-state index in [0.717, 1.165) is 17.7 Å². The second-order valence-corrected chi connectivity index (χ2v) is 6.12. The Morgan fingerprint density at radius 3 is 2.28 bits per heavy atom. The van der Waals surface area contributed by atoms with Gasteiger partial charge in [0.25, 0.3) is 5.91 Å². The van der Waals surface area contributed by atoms with Crippen molar-refractivity contribution in [2.45, 2.75) is 13.0 Å². The van der Waals surface area contributed by atoms with Gasteiger partial charge in [0.15, 0.2) is 5.78 Å². The number of amides is 1. The molecule has 4 heteroatoms. The molecule has 1 aliphatic rings. The number of hydrogen-bond donors (Lipinski definition) is 0. The summed E-state index contributed by atoms with van der Waals surface area (Å²) in [4.78, 5) is 26.9. The molecule has 0 fully saturated rings. The summed E-state index contributed by atoms with van der Waals surface area (Å²) in [6, 6.07) is 17.9. The maximum absolute atomic E-state index is 12.7. The quantitative estimate of drug-likeness (QED) is 0.688. The van der Waals surface area contributed by atoms with Gasteiger partial charge < -0.3 is 9.32 Å². The minimum Gasteiger partial charge on any atom is -0.469 e. The van der Waals surface area contributed by atoms with Crippen LogP contribution >= 0.6 is 0 Å². The van der Waals surface area contributed by atoms with Gasteiger partial charge in [0.1, 0.15) is 5.76 Å². The summed E-state index contributed by atoms with van der Waals surface area (Å²) in [5.41, 5.74) is 2.88. The first-order valence-corrected chi connectivity index (χ1v) is 8.27. The summed E-state index contributed by atoms with van der Waals surface area (Å²) in [6.07, 6.45) is 2.40. The predicted octanol–water partition coefficient (Wildman–Crippen LogP) is 3.71. The van der Waals surface area contributed by atoms with E-state index in [2.05, 4.69) is 0 Å². The van der Waals surface area contributed by atoms with Crippen LogP contribution in [-0.4, -0.2) is 23.1 Å². The molecule has 0 unspecified atom stereocenters. The lowest BCUT2D eigenvalue weighted by Crippen LogP contribution is -2.35. The molecule has 4 nitrogen and oxygen atoms in total. The van der Waals surface area contributed by atoms with Gasteiger partial charge in [-0.05, 0) is 18.2 Å². The first kappa shape index (κ1) is 15.4. The Morgan fingerprint density at radius 2 is 1.52 bits per heavy atom. The zero-order valence-electron chi connectivity index (χ0n) is 13.6. The van der Waals surface area contributed by atoms with Crippen LogP contribution in [0.4, 0.5) is 0 Å². The lowest BCUT2D eigenvalue weighted by Gasteiger charge is -2.26. The number of nitrogens with zero attached hydrogens (tertiary/aromatic N) is 1. The number of hydrogen-bond acceptors (Lipinski definition) is 3. The van der Waals surface area contributed by atoms with Gasteiger partial charge in [-0.2, -0.15) is 0 Å². The van der Waals surface area contributed by atoms with Crippen molar-refractivity contribution in [3.05, 3.63) is 94.9 Å². The van der Waals surface area contributed by atoms with Gasteiger partial charge in [0.2, 0.25) is 0 Å². The Labute approximate surface area is 145 Å². The number of carbonyl (C=O) groups is 2. The van der Waals surface area contributed by atoms with Crippen molar-refractivity contribution in [1.82, 2.24) is 4.90 Å². The maximum atomic E-state index is 12.7. The van der Waals surface area contributed by atoms with Crippen molar-refractivity contribution < 1.29 is 14.0 Å². The van der Waals surface area contributed by atoms with Crippen LogP contribution in [0.2, 0.25) is 0 Å². The Bertz CT molecular complexity index is 910. The smallest absolute Gasteiger partial charge is 0.254 e. The van der Waals surface area contributed by atoms with Crippen molar-refractivity contribution in [2.75, 3.05) is 6.54 Å². The highest BCUT2D eigenvalue weighted by Gasteiger charge is 2.23. The number of fused-ring (bicyclic) bond motifs is 1. The van der Waals surface area contributed by atoms with E-state index in [1.54, 1.807) is 42.7 Å². The van der Waals surface area contributed by atoms with Crippen LogP contribution < -0.4 is 0 Å². The average molecular weight is 331 g/mol. The number of carbonyl (C=O) groups excluding carboxylic acids is 2. The largest absolute Gasteiger partial charge is 0.469 e. The molecule has 3 aromatic rings. The number of ketones is 1. The summed E-state index contributed by atoms with van der Waals surface area (Å²) in [6.45, 7) is 1.21. The molecule has 4 rings (SSSR count). The lowest BCUT2D eigenvalue weighted by molar-refractivity contribution is 0.0729. The van der Waals surface area contributed by atoms with E-state index in [4.69, 9.17) is 4.42 Å². The average Bonchev–Trinajstić information content (AvgIpc) is 3.15. The van der Waals surface area contributed by atoms with Crippen LogP contribution in [-0.2, 0) is 13.0 Å². The Hall–Kier alpha value is -3.14. The molecule has 124 valence electrons. The zero-order valence-corrected chi connectivity index (χ0v) is 13.6. The summed E-state index contributed by atoms with van der Waals surface area (Å²) in [7, 11) is 0. The van der Waals surface area contributed by atoms with Crippen molar-refractivity contribution >= 4 is 11.7 Å². The van der Waals surface area contributed by atoms with E-state index >= 15 is 0 Å². The molecular formula is C21H17NO3. The van der Waals surface area contributed by atoms with E-state index in [1.165, 1.54) is 0 Å². The topological polar surface area (TPSA) is 50.5 Å². The molecule has 0 bridgehead atoms. The second kappa shape index (κ2) is 6.40. The minimum absolute atomic E-state index is 0.0226. The van der Waals surface area contributed by atoms with E-state index in [0.29, 0.717) is 29.8 Å². The van der Waals surface area contributed by atoms with Crippen molar-refractivity contribution in [3.8, 4) is 0 Å². The molecule has 0 saturated heterocycles. The third-order valence-corrected chi connectivity index (χ3v) is 4.52. The third kappa shape index (κ3) is 2.98. The van der Waals surface area contributed by atoms with Crippen LogP contribution in [0.3, 0.4) is 0 Å². The van der Waals surface area contributed by atoms with Gasteiger partial charge in [-0.25, -0.2) is 0 Å². The zero-order chi connectivity index (χ0) is 17.2.